The summed E-state index contributed by atoms with van der Waals surface area (Å²) >= 11 is 0. The van der Waals surface area contributed by atoms with E-state index in [1.165, 1.54) is 0 Å². The lowest BCUT2D eigenvalue weighted by Crippen LogP contribution is -2.35. The Balaban J connectivity index is 2.66. The molecule has 98 valence electrons. The van der Waals surface area contributed by atoms with Gasteiger partial charge in [-0.05, 0) is 25.5 Å². The number of hydrogen-bond donors (Lipinski definition) is 2. The highest BCUT2D eigenvalue weighted by Gasteiger charge is 2.14. The van der Waals surface area contributed by atoms with Gasteiger partial charge in [-0.3, -0.25) is 9.59 Å². The van der Waals surface area contributed by atoms with Gasteiger partial charge in [0.1, 0.15) is 5.75 Å². The smallest absolute Gasteiger partial charge is 0.313 e. The van der Waals surface area contributed by atoms with E-state index in [2.05, 4.69) is 10.6 Å². The Morgan fingerprint density at radius 1 is 1.17 bits per heavy atom. The Hall–Kier alpha value is -2.04. The number of benzene rings is 1. The van der Waals surface area contributed by atoms with E-state index in [1.807, 2.05) is 13.8 Å². The fourth-order valence-electron chi connectivity index (χ4n) is 1.35. The number of carbonyl (C=O) groups is 2. The van der Waals surface area contributed by atoms with Crippen LogP contribution in [0, 0.1) is 0 Å². The zero-order valence-corrected chi connectivity index (χ0v) is 10.7. The molecule has 0 aromatic heterocycles. The molecule has 5 heteroatoms. The first-order valence-electron chi connectivity index (χ1n) is 6.00. The molecule has 1 aromatic rings. The van der Waals surface area contributed by atoms with Gasteiger partial charge < -0.3 is 15.4 Å². The Kier molecular flexibility index (Phi) is 5.70. The van der Waals surface area contributed by atoms with Crippen LogP contribution in [-0.2, 0) is 9.59 Å². The van der Waals surface area contributed by atoms with Crippen molar-refractivity contribution in [2.75, 3.05) is 18.5 Å². The van der Waals surface area contributed by atoms with Crippen LogP contribution in [0.15, 0.2) is 24.3 Å². The Labute approximate surface area is 107 Å². The van der Waals surface area contributed by atoms with E-state index in [-0.39, 0.29) is 0 Å². The average Bonchev–Trinajstić information content (AvgIpc) is 2.38. The number of nitrogens with one attached hydrogen (secondary N) is 2. The van der Waals surface area contributed by atoms with E-state index >= 15 is 0 Å². The third-order valence-electron chi connectivity index (χ3n) is 2.18. The lowest BCUT2D eigenvalue weighted by Gasteiger charge is -2.10. The number of anilines is 1. The molecule has 1 aromatic carbocycles. The second-order valence-electron chi connectivity index (χ2n) is 3.64. The first-order chi connectivity index (χ1) is 8.69. The second kappa shape index (κ2) is 7.32. The molecule has 0 spiro atoms. The summed E-state index contributed by atoms with van der Waals surface area (Å²) in [6.07, 6.45) is 0.786. The minimum Gasteiger partial charge on any atom is -0.492 e. The number of carbonyl (C=O) groups excluding carboxylic acids is 2. The summed E-state index contributed by atoms with van der Waals surface area (Å²) in [5.74, 6) is -0.768. The van der Waals surface area contributed by atoms with Crippen molar-refractivity contribution in [1.29, 1.82) is 0 Å². The van der Waals surface area contributed by atoms with Gasteiger partial charge in [-0.1, -0.05) is 19.1 Å². The largest absolute Gasteiger partial charge is 0.492 e. The van der Waals surface area contributed by atoms with Crippen LogP contribution in [0.1, 0.15) is 20.3 Å². The minimum absolute atomic E-state index is 0.485. The van der Waals surface area contributed by atoms with Crippen molar-refractivity contribution >= 4 is 17.5 Å². The van der Waals surface area contributed by atoms with Crippen LogP contribution in [-0.4, -0.2) is 25.0 Å². The molecule has 0 heterocycles. The Morgan fingerprint density at radius 2 is 1.89 bits per heavy atom. The summed E-state index contributed by atoms with van der Waals surface area (Å²) in [5, 5.41) is 5.04. The second-order valence-corrected chi connectivity index (χ2v) is 3.64. The molecular weight excluding hydrogens is 232 g/mol. The number of rotatable bonds is 5. The maximum atomic E-state index is 11.6. The van der Waals surface area contributed by atoms with Gasteiger partial charge in [-0.15, -0.1) is 0 Å². The maximum absolute atomic E-state index is 11.6. The molecule has 0 atom stereocenters. The van der Waals surface area contributed by atoms with Gasteiger partial charge in [-0.25, -0.2) is 0 Å². The summed E-state index contributed by atoms with van der Waals surface area (Å²) in [4.78, 5) is 23.0. The maximum Gasteiger partial charge on any atom is 0.313 e. The first-order valence-corrected chi connectivity index (χ1v) is 6.00. The van der Waals surface area contributed by atoms with Crippen LogP contribution >= 0.6 is 0 Å². The zero-order chi connectivity index (χ0) is 13.4. The molecule has 1 rings (SSSR count). The van der Waals surface area contributed by atoms with Crippen LogP contribution in [0.3, 0.4) is 0 Å². The van der Waals surface area contributed by atoms with Crippen LogP contribution < -0.4 is 15.4 Å². The van der Waals surface area contributed by atoms with E-state index in [4.69, 9.17) is 4.74 Å². The molecule has 0 saturated carbocycles. The summed E-state index contributed by atoms with van der Waals surface area (Å²) < 4.78 is 5.35. The average molecular weight is 250 g/mol. The standard InChI is InChI=1S/C13H18N2O3/c1-3-9-14-12(16)13(17)15-10-7-5-6-8-11(10)18-4-2/h5-8H,3-4,9H2,1-2H3,(H,14,16)(H,15,17). The molecule has 0 unspecified atom stereocenters. The molecule has 2 amide bonds. The van der Waals surface area contributed by atoms with Crippen molar-refractivity contribution in [2.24, 2.45) is 0 Å². The predicted octanol–water partition coefficient (Wildman–Crippen LogP) is 1.55. The summed E-state index contributed by atoms with van der Waals surface area (Å²) in [6.45, 7) is 4.75. The van der Waals surface area contributed by atoms with Crippen molar-refractivity contribution in [3.63, 3.8) is 0 Å². The molecule has 0 aliphatic heterocycles. The Morgan fingerprint density at radius 3 is 2.56 bits per heavy atom. The molecule has 0 saturated heterocycles. The number of ether oxygens (including phenoxy) is 1. The van der Waals surface area contributed by atoms with Gasteiger partial charge in [-0.2, -0.15) is 0 Å². The van der Waals surface area contributed by atoms with E-state index in [9.17, 15) is 9.59 Å². The lowest BCUT2D eigenvalue weighted by atomic mass is 10.3. The summed E-state index contributed by atoms with van der Waals surface area (Å²) in [5.41, 5.74) is 0.496. The topological polar surface area (TPSA) is 67.4 Å². The van der Waals surface area contributed by atoms with Crippen LogP contribution in [0.2, 0.25) is 0 Å². The quantitative estimate of drug-likeness (QED) is 0.779. The fraction of sp³-hybridized carbons (Fsp3) is 0.385. The number of hydrogen-bond acceptors (Lipinski definition) is 3. The molecule has 0 fully saturated rings. The van der Waals surface area contributed by atoms with Gasteiger partial charge in [0.25, 0.3) is 0 Å². The third kappa shape index (κ3) is 4.08. The number of amides is 2. The molecule has 18 heavy (non-hydrogen) atoms. The van der Waals surface area contributed by atoms with Gasteiger partial charge in [0.15, 0.2) is 0 Å². The zero-order valence-electron chi connectivity index (χ0n) is 10.7. The van der Waals surface area contributed by atoms with Crippen molar-refractivity contribution < 1.29 is 14.3 Å². The highest BCUT2D eigenvalue weighted by Crippen LogP contribution is 2.23. The highest BCUT2D eigenvalue weighted by atomic mass is 16.5. The molecule has 2 N–H and O–H groups in total. The van der Waals surface area contributed by atoms with Crippen molar-refractivity contribution in [3.8, 4) is 5.75 Å². The predicted molar refractivity (Wildman–Crippen MR) is 69.5 cm³/mol. The highest BCUT2D eigenvalue weighted by molar-refractivity contribution is 6.39. The SMILES string of the molecule is CCCNC(=O)C(=O)Nc1ccccc1OCC. The fourth-order valence-corrected chi connectivity index (χ4v) is 1.35. The monoisotopic (exact) mass is 250 g/mol. The van der Waals surface area contributed by atoms with Crippen LogP contribution in [0.5, 0.6) is 5.75 Å². The Bertz CT molecular complexity index is 418. The van der Waals surface area contributed by atoms with Crippen molar-refractivity contribution in [2.45, 2.75) is 20.3 Å². The number of para-hydroxylation sites is 2. The van der Waals surface area contributed by atoms with Crippen LogP contribution in [0.25, 0.3) is 0 Å². The third-order valence-corrected chi connectivity index (χ3v) is 2.18. The first kappa shape index (κ1) is 14.0. The lowest BCUT2D eigenvalue weighted by molar-refractivity contribution is -0.136. The van der Waals surface area contributed by atoms with E-state index in [0.717, 1.165) is 6.42 Å². The van der Waals surface area contributed by atoms with E-state index in [0.29, 0.717) is 24.6 Å². The molecule has 0 aliphatic carbocycles. The van der Waals surface area contributed by atoms with Crippen molar-refractivity contribution in [3.05, 3.63) is 24.3 Å². The minimum atomic E-state index is -0.685. The normalized spacial score (nSPS) is 9.67. The van der Waals surface area contributed by atoms with E-state index in [1.54, 1.807) is 24.3 Å². The summed E-state index contributed by atoms with van der Waals surface area (Å²) in [7, 11) is 0. The van der Waals surface area contributed by atoms with Gasteiger partial charge >= 0.3 is 11.8 Å². The molecule has 5 nitrogen and oxygen atoms in total. The molecule has 0 radical (unpaired) electrons. The van der Waals surface area contributed by atoms with Crippen molar-refractivity contribution in [1.82, 2.24) is 5.32 Å². The van der Waals surface area contributed by atoms with Gasteiger partial charge in [0.2, 0.25) is 0 Å². The van der Waals surface area contributed by atoms with E-state index < -0.39 is 11.8 Å². The summed E-state index contributed by atoms with van der Waals surface area (Å²) in [6, 6.07) is 7.00. The van der Waals surface area contributed by atoms with Gasteiger partial charge in [0.05, 0.1) is 12.3 Å². The van der Waals surface area contributed by atoms with Gasteiger partial charge in [0, 0.05) is 6.54 Å². The molecule has 0 bridgehead atoms. The molecule has 0 aliphatic rings. The van der Waals surface area contributed by atoms with Crippen LogP contribution in [0.4, 0.5) is 5.69 Å². The molecular formula is C13H18N2O3.